The van der Waals surface area contributed by atoms with Gasteiger partial charge < -0.3 is 15.8 Å². The molecule has 1 amide bonds. The Labute approximate surface area is 95.6 Å². The van der Waals surface area contributed by atoms with Crippen molar-refractivity contribution in [3.8, 4) is 0 Å². The van der Waals surface area contributed by atoms with Gasteiger partial charge in [0, 0.05) is 32.7 Å². The van der Waals surface area contributed by atoms with Crippen LogP contribution < -0.4 is 22.3 Å². The number of nitrogens with one attached hydrogen (secondary N) is 2. The lowest BCUT2D eigenvalue weighted by molar-refractivity contribution is -0.118. The van der Waals surface area contributed by atoms with Crippen LogP contribution in [0.15, 0.2) is 4.99 Å². The lowest BCUT2D eigenvalue weighted by Crippen LogP contribution is -2.46. The molecule has 94 valence electrons. The molecule has 1 unspecified atom stereocenters. The Bertz CT molecular complexity index is 232. The summed E-state index contributed by atoms with van der Waals surface area (Å²) in [6.07, 6.45) is 1.05. The van der Waals surface area contributed by atoms with Crippen LogP contribution in [-0.4, -0.2) is 38.2 Å². The molecule has 0 aromatic carbocycles. The highest BCUT2D eigenvalue weighted by Gasteiger charge is 2.07. The maximum Gasteiger partial charge on any atom is 0.219 e. The summed E-state index contributed by atoms with van der Waals surface area (Å²) in [5.74, 6) is 5.36. The Morgan fingerprint density at radius 1 is 1.56 bits per heavy atom. The van der Waals surface area contributed by atoms with Crippen LogP contribution in [0.25, 0.3) is 0 Å². The zero-order valence-electron chi connectivity index (χ0n) is 9.82. The standard InChI is InChI=1S/C9H21N5O2/c1-7(6-8(10)15)13-9(14-11)12-4-3-5-16-2/h7H,3-6,11H2,1-2H3,(H2,10,15)(H2,12,13,14). The topological polar surface area (TPSA) is 115 Å². The monoisotopic (exact) mass is 231 g/mol. The molecule has 0 radical (unpaired) electrons. The van der Waals surface area contributed by atoms with Crippen LogP contribution in [0.5, 0.6) is 0 Å². The summed E-state index contributed by atoms with van der Waals surface area (Å²) in [5, 5.41) is 2.95. The van der Waals surface area contributed by atoms with Crippen LogP contribution in [-0.2, 0) is 9.53 Å². The second kappa shape index (κ2) is 8.93. The quantitative estimate of drug-likeness (QED) is 0.143. The van der Waals surface area contributed by atoms with Crippen LogP contribution >= 0.6 is 0 Å². The number of amides is 1. The SMILES string of the molecule is COCCCN=C(NN)NC(C)CC(N)=O. The molecule has 7 nitrogen and oxygen atoms in total. The van der Waals surface area contributed by atoms with E-state index in [1.165, 1.54) is 0 Å². The van der Waals surface area contributed by atoms with E-state index in [0.29, 0.717) is 19.1 Å². The predicted molar refractivity (Wildman–Crippen MR) is 62.5 cm³/mol. The van der Waals surface area contributed by atoms with E-state index in [0.717, 1.165) is 6.42 Å². The number of rotatable bonds is 7. The molecule has 16 heavy (non-hydrogen) atoms. The van der Waals surface area contributed by atoms with E-state index in [-0.39, 0.29) is 18.4 Å². The second-order valence-corrected chi connectivity index (χ2v) is 3.44. The highest BCUT2D eigenvalue weighted by Crippen LogP contribution is 1.89. The fraction of sp³-hybridized carbons (Fsp3) is 0.778. The molecule has 0 aromatic rings. The third-order valence-corrected chi connectivity index (χ3v) is 1.80. The molecule has 0 aromatic heterocycles. The van der Waals surface area contributed by atoms with Crippen LogP contribution in [0, 0.1) is 0 Å². The number of hydrogen-bond acceptors (Lipinski definition) is 4. The fourth-order valence-electron chi connectivity index (χ4n) is 1.12. The summed E-state index contributed by atoms with van der Waals surface area (Å²) in [5.41, 5.74) is 7.49. The van der Waals surface area contributed by atoms with Crippen LogP contribution in [0.3, 0.4) is 0 Å². The van der Waals surface area contributed by atoms with Crippen molar-refractivity contribution < 1.29 is 9.53 Å². The molecule has 0 spiro atoms. The van der Waals surface area contributed by atoms with Gasteiger partial charge in [-0.15, -0.1) is 0 Å². The normalized spacial score (nSPS) is 13.3. The number of methoxy groups -OCH3 is 1. The summed E-state index contributed by atoms with van der Waals surface area (Å²) < 4.78 is 4.89. The van der Waals surface area contributed by atoms with Gasteiger partial charge in [0.1, 0.15) is 0 Å². The van der Waals surface area contributed by atoms with E-state index in [1.54, 1.807) is 7.11 Å². The van der Waals surface area contributed by atoms with Crippen molar-refractivity contribution in [3.63, 3.8) is 0 Å². The number of guanidine groups is 1. The van der Waals surface area contributed by atoms with Gasteiger partial charge in [-0.2, -0.15) is 0 Å². The Morgan fingerprint density at radius 2 is 2.25 bits per heavy atom. The van der Waals surface area contributed by atoms with Gasteiger partial charge in [0.15, 0.2) is 0 Å². The number of aliphatic imine (C=N–C) groups is 1. The number of hydrogen-bond donors (Lipinski definition) is 4. The fourth-order valence-corrected chi connectivity index (χ4v) is 1.12. The minimum absolute atomic E-state index is 0.102. The maximum absolute atomic E-state index is 10.7. The van der Waals surface area contributed by atoms with Gasteiger partial charge in [0.05, 0.1) is 0 Å². The maximum atomic E-state index is 10.7. The first-order chi connectivity index (χ1) is 7.60. The molecule has 0 aliphatic rings. The van der Waals surface area contributed by atoms with Gasteiger partial charge in [0.2, 0.25) is 11.9 Å². The van der Waals surface area contributed by atoms with Gasteiger partial charge in [-0.1, -0.05) is 0 Å². The summed E-state index contributed by atoms with van der Waals surface area (Å²) in [7, 11) is 1.64. The van der Waals surface area contributed by atoms with Gasteiger partial charge in [0.25, 0.3) is 0 Å². The lowest BCUT2D eigenvalue weighted by atomic mass is 10.2. The van der Waals surface area contributed by atoms with E-state index in [2.05, 4.69) is 15.7 Å². The van der Waals surface area contributed by atoms with E-state index in [1.807, 2.05) is 6.92 Å². The Kier molecular flexibility index (Phi) is 8.18. The van der Waals surface area contributed by atoms with Crippen LogP contribution in [0.4, 0.5) is 0 Å². The van der Waals surface area contributed by atoms with E-state index >= 15 is 0 Å². The van der Waals surface area contributed by atoms with Crippen LogP contribution in [0.1, 0.15) is 19.8 Å². The number of nitrogens with two attached hydrogens (primary N) is 2. The molecule has 0 fully saturated rings. The molecular formula is C9H21N5O2. The first-order valence-electron chi connectivity index (χ1n) is 5.15. The Balaban J connectivity index is 3.92. The molecule has 0 aliphatic carbocycles. The first-order valence-corrected chi connectivity index (χ1v) is 5.15. The van der Waals surface area contributed by atoms with Crippen molar-refractivity contribution in [2.75, 3.05) is 20.3 Å². The van der Waals surface area contributed by atoms with Gasteiger partial charge >= 0.3 is 0 Å². The van der Waals surface area contributed by atoms with E-state index in [4.69, 9.17) is 16.3 Å². The highest BCUT2D eigenvalue weighted by molar-refractivity contribution is 5.80. The van der Waals surface area contributed by atoms with Gasteiger partial charge in [-0.3, -0.25) is 15.2 Å². The number of ether oxygens (including phenoxy) is 1. The van der Waals surface area contributed by atoms with Crippen molar-refractivity contribution in [1.29, 1.82) is 0 Å². The molecule has 7 heteroatoms. The smallest absolute Gasteiger partial charge is 0.219 e. The minimum atomic E-state index is -0.365. The number of nitrogens with zero attached hydrogens (tertiary/aromatic N) is 1. The first kappa shape index (κ1) is 14.7. The minimum Gasteiger partial charge on any atom is -0.385 e. The van der Waals surface area contributed by atoms with Gasteiger partial charge in [-0.05, 0) is 13.3 Å². The Morgan fingerprint density at radius 3 is 2.75 bits per heavy atom. The molecule has 0 heterocycles. The van der Waals surface area contributed by atoms with Crippen molar-refractivity contribution >= 4 is 11.9 Å². The third kappa shape index (κ3) is 8.01. The number of hydrazine groups is 1. The molecule has 0 saturated heterocycles. The van der Waals surface area contributed by atoms with Crippen molar-refractivity contribution in [2.24, 2.45) is 16.6 Å². The Hall–Kier alpha value is -1.34. The average molecular weight is 231 g/mol. The average Bonchev–Trinajstić information content (AvgIpc) is 2.21. The zero-order chi connectivity index (χ0) is 12.4. The largest absolute Gasteiger partial charge is 0.385 e. The molecule has 0 rings (SSSR count). The van der Waals surface area contributed by atoms with Gasteiger partial charge in [-0.25, -0.2) is 5.84 Å². The van der Waals surface area contributed by atoms with Crippen molar-refractivity contribution in [3.05, 3.63) is 0 Å². The summed E-state index contributed by atoms with van der Waals surface area (Å²) in [4.78, 5) is 14.8. The molecule has 1 atom stereocenters. The zero-order valence-corrected chi connectivity index (χ0v) is 9.82. The number of primary amides is 1. The predicted octanol–water partition coefficient (Wildman–Crippen LogP) is -1.30. The van der Waals surface area contributed by atoms with Crippen molar-refractivity contribution in [2.45, 2.75) is 25.8 Å². The van der Waals surface area contributed by atoms with E-state index < -0.39 is 0 Å². The third-order valence-electron chi connectivity index (χ3n) is 1.80. The molecule has 0 aliphatic heterocycles. The molecule has 0 saturated carbocycles. The van der Waals surface area contributed by atoms with Crippen molar-refractivity contribution in [1.82, 2.24) is 10.7 Å². The van der Waals surface area contributed by atoms with Crippen LogP contribution in [0.2, 0.25) is 0 Å². The number of carbonyl (C=O) groups is 1. The molecule has 6 N–H and O–H groups in total. The molecule has 0 bridgehead atoms. The molecular weight excluding hydrogens is 210 g/mol. The lowest BCUT2D eigenvalue weighted by Gasteiger charge is -2.14. The summed E-state index contributed by atoms with van der Waals surface area (Å²) in [6, 6.07) is -0.102. The second-order valence-electron chi connectivity index (χ2n) is 3.44. The number of carbonyl (C=O) groups excluding carboxylic acids is 1. The van der Waals surface area contributed by atoms with E-state index in [9.17, 15) is 4.79 Å². The summed E-state index contributed by atoms with van der Waals surface area (Å²) >= 11 is 0. The highest BCUT2D eigenvalue weighted by atomic mass is 16.5. The summed E-state index contributed by atoms with van der Waals surface area (Å²) in [6.45, 7) is 3.08.